The zero-order chi connectivity index (χ0) is 16.3. The second-order valence-corrected chi connectivity index (χ2v) is 6.75. The van der Waals surface area contributed by atoms with Crippen molar-refractivity contribution >= 4 is 17.7 Å². The molecule has 0 bridgehead atoms. The predicted molar refractivity (Wildman–Crippen MR) is 88.6 cm³/mol. The lowest BCUT2D eigenvalue weighted by atomic mass is 9.72. The molecule has 0 unspecified atom stereocenters. The molecule has 2 fully saturated rings. The summed E-state index contributed by atoms with van der Waals surface area (Å²) in [5.74, 6) is 1.12. The van der Waals surface area contributed by atoms with Gasteiger partial charge in [0.15, 0.2) is 0 Å². The summed E-state index contributed by atoms with van der Waals surface area (Å²) in [5, 5.41) is 5.72. The largest absolute Gasteiger partial charge is 0.375 e. The van der Waals surface area contributed by atoms with Gasteiger partial charge < -0.3 is 20.3 Å². The second-order valence-electron chi connectivity index (χ2n) is 6.75. The van der Waals surface area contributed by atoms with Crippen LogP contribution in [0.1, 0.15) is 32.1 Å². The van der Waals surface area contributed by atoms with Gasteiger partial charge in [-0.15, -0.1) is 0 Å². The lowest BCUT2D eigenvalue weighted by Crippen LogP contribution is -2.47. The number of urea groups is 1. The molecule has 2 amide bonds. The summed E-state index contributed by atoms with van der Waals surface area (Å²) in [4.78, 5) is 22.2. The van der Waals surface area contributed by atoms with Gasteiger partial charge in [0.25, 0.3) is 0 Å². The van der Waals surface area contributed by atoms with Gasteiger partial charge in [0.2, 0.25) is 5.95 Å². The van der Waals surface area contributed by atoms with Crippen LogP contribution in [0.2, 0.25) is 0 Å². The van der Waals surface area contributed by atoms with Gasteiger partial charge >= 0.3 is 6.03 Å². The van der Waals surface area contributed by atoms with Crippen LogP contribution >= 0.6 is 0 Å². The van der Waals surface area contributed by atoms with E-state index in [-0.39, 0.29) is 11.6 Å². The van der Waals surface area contributed by atoms with E-state index in [4.69, 9.17) is 4.74 Å². The summed E-state index contributed by atoms with van der Waals surface area (Å²) >= 11 is 0. The first kappa shape index (κ1) is 16.0. The van der Waals surface area contributed by atoms with Crippen molar-refractivity contribution < 1.29 is 9.53 Å². The van der Waals surface area contributed by atoms with E-state index in [0.717, 1.165) is 19.4 Å². The molecule has 1 saturated heterocycles. The quantitative estimate of drug-likeness (QED) is 0.887. The van der Waals surface area contributed by atoms with Gasteiger partial charge in [0.1, 0.15) is 0 Å². The first-order chi connectivity index (χ1) is 11.1. The monoisotopic (exact) mass is 319 g/mol. The van der Waals surface area contributed by atoms with Gasteiger partial charge in [-0.05, 0) is 38.0 Å². The number of carbonyl (C=O) groups excluding carboxylic acids is 1. The third kappa shape index (κ3) is 3.90. The molecule has 1 spiro atoms. The molecular formula is C16H25N5O2. The molecule has 7 heteroatoms. The van der Waals surface area contributed by atoms with Crippen LogP contribution in [0.15, 0.2) is 12.4 Å². The highest BCUT2D eigenvalue weighted by molar-refractivity contribution is 5.88. The number of hydrogen-bond donors (Lipinski definition) is 2. The molecule has 0 aromatic carbocycles. The minimum atomic E-state index is -0.208. The van der Waals surface area contributed by atoms with Gasteiger partial charge in [-0.3, -0.25) is 0 Å². The van der Waals surface area contributed by atoms with Crippen LogP contribution in [0, 0.1) is 5.92 Å². The maximum absolute atomic E-state index is 12.0. The minimum Gasteiger partial charge on any atom is -0.375 e. The van der Waals surface area contributed by atoms with E-state index in [1.807, 2.05) is 19.0 Å². The number of aromatic nitrogens is 2. The van der Waals surface area contributed by atoms with Crippen molar-refractivity contribution in [1.29, 1.82) is 0 Å². The molecule has 3 rings (SSSR count). The van der Waals surface area contributed by atoms with Gasteiger partial charge in [0.05, 0.1) is 23.7 Å². The topological polar surface area (TPSA) is 79.4 Å². The number of nitrogens with zero attached hydrogens (tertiary/aromatic N) is 3. The molecular weight excluding hydrogens is 294 g/mol. The third-order valence-corrected chi connectivity index (χ3v) is 4.71. The standard InChI is InChI=1S/C16H25N5O2/c1-21(2)14-17-10-13(11-18-14)20-15(22)19-9-12-4-7-23-16(8-12)5-3-6-16/h10-12H,3-9H2,1-2H3,(H2,19,20,22)/t12-/m0/s1. The highest BCUT2D eigenvalue weighted by atomic mass is 16.5. The van der Waals surface area contributed by atoms with Gasteiger partial charge in [0, 0.05) is 27.2 Å². The number of ether oxygens (including phenoxy) is 1. The number of anilines is 2. The predicted octanol–water partition coefficient (Wildman–Crippen LogP) is 2.01. The third-order valence-electron chi connectivity index (χ3n) is 4.71. The van der Waals surface area contributed by atoms with Gasteiger partial charge in [-0.25, -0.2) is 14.8 Å². The summed E-state index contributed by atoms with van der Waals surface area (Å²) in [7, 11) is 3.75. The Hall–Kier alpha value is -1.89. The Morgan fingerprint density at radius 3 is 2.74 bits per heavy atom. The molecule has 1 atom stereocenters. The normalized spacial score (nSPS) is 22.3. The molecule has 0 radical (unpaired) electrons. The van der Waals surface area contributed by atoms with Gasteiger partial charge in [-0.2, -0.15) is 0 Å². The van der Waals surface area contributed by atoms with Crippen LogP contribution in [0.25, 0.3) is 0 Å². The van der Waals surface area contributed by atoms with E-state index in [2.05, 4.69) is 20.6 Å². The van der Waals surface area contributed by atoms with Gasteiger partial charge in [-0.1, -0.05) is 0 Å². The Morgan fingerprint density at radius 2 is 2.13 bits per heavy atom. The number of hydrogen-bond acceptors (Lipinski definition) is 5. The van der Waals surface area contributed by atoms with E-state index >= 15 is 0 Å². The van der Waals surface area contributed by atoms with Crippen LogP contribution in [0.5, 0.6) is 0 Å². The fraction of sp³-hybridized carbons (Fsp3) is 0.688. The maximum atomic E-state index is 12.0. The summed E-state index contributed by atoms with van der Waals surface area (Å²) in [6, 6.07) is -0.208. The van der Waals surface area contributed by atoms with E-state index < -0.39 is 0 Å². The van der Waals surface area contributed by atoms with Crippen LogP contribution in [0.3, 0.4) is 0 Å². The Morgan fingerprint density at radius 1 is 1.39 bits per heavy atom. The van der Waals surface area contributed by atoms with E-state index in [0.29, 0.717) is 24.1 Å². The highest BCUT2D eigenvalue weighted by Gasteiger charge is 2.42. The van der Waals surface area contributed by atoms with Crippen molar-refractivity contribution in [1.82, 2.24) is 15.3 Å². The first-order valence-corrected chi connectivity index (χ1v) is 8.24. The number of amides is 2. The Kier molecular flexibility index (Phi) is 4.66. The summed E-state index contributed by atoms with van der Waals surface area (Å²) in [5.41, 5.74) is 0.715. The van der Waals surface area contributed by atoms with Crippen LogP contribution < -0.4 is 15.5 Å². The molecule has 1 aliphatic carbocycles. The molecule has 2 N–H and O–H groups in total. The first-order valence-electron chi connectivity index (χ1n) is 8.24. The molecule has 1 aromatic heterocycles. The van der Waals surface area contributed by atoms with E-state index in [1.165, 1.54) is 19.3 Å². The van der Waals surface area contributed by atoms with Crippen molar-refractivity contribution in [2.45, 2.75) is 37.7 Å². The molecule has 126 valence electrons. The fourth-order valence-corrected chi connectivity index (χ4v) is 3.25. The zero-order valence-corrected chi connectivity index (χ0v) is 13.8. The number of nitrogens with one attached hydrogen (secondary N) is 2. The molecule has 1 aromatic rings. The number of carbonyl (C=O) groups is 1. The smallest absolute Gasteiger partial charge is 0.319 e. The average molecular weight is 319 g/mol. The SMILES string of the molecule is CN(C)c1ncc(NC(=O)NC[C@H]2CCOC3(CCC3)C2)cn1. The lowest BCUT2D eigenvalue weighted by Gasteiger charge is -2.47. The maximum Gasteiger partial charge on any atom is 0.319 e. The average Bonchev–Trinajstić information content (AvgIpc) is 2.52. The van der Waals surface area contributed by atoms with Crippen molar-refractivity contribution in [2.24, 2.45) is 5.92 Å². The Bertz CT molecular complexity index is 542. The summed E-state index contributed by atoms with van der Waals surface area (Å²) in [6.07, 6.45) is 8.91. The highest BCUT2D eigenvalue weighted by Crippen LogP contribution is 2.43. The zero-order valence-electron chi connectivity index (χ0n) is 13.8. The molecule has 1 saturated carbocycles. The summed E-state index contributed by atoms with van der Waals surface area (Å²) < 4.78 is 5.92. The Balaban J connectivity index is 1.44. The molecule has 7 nitrogen and oxygen atoms in total. The summed E-state index contributed by atoms with van der Waals surface area (Å²) in [6.45, 7) is 1.50. The minimum absolute atomic E-state index is 0.122. The Labute approximate surface area is 136 Å². The molecule has 1 aliphatic heterocycles. The van der Waals surface area contributed by atoms with E-state index in [1.54, 1.807) is 12.4 Å². The van der Waals surface area contributed by atoms with Crippen molar-refractivity contribution in [3.8, 4) is 0 Å². The van der Waals surface area contributed by atoms with Crippen molar-refractivity contribution in [2.75, 3.05) is 37.5 Å². The van der Waals surface area contributed by atoms with Crippen molar-refractivity contribution in [3.63, 3.8) is 0 Å². The number of rotatable bonds is 4. The van der Waals surface area contributed by atoms with Crippen LogP contribution in [-0.4, -0.2) is 48.8 Å². The molecule has 23 heavy (non-hydrogen) atoms. The van der Waals surface area contributed by atoms with Crippen molar-refractivity contribution in [3.05, 3.63) is 12.4 Å². The van der Waals surface area contributed by atoms with Crippen LogP contribution in [0.4, 0.5) is 16.4 Å². The van der Waals surface area contributed by atoms with Crippen LogP contribution in [-0.2, 0) is 4.74 Å². The fourth-order valence-electron chi connectivity index (χ4n) is 3.25. The molecule has 2 aliphatic rings. The second kappa shape index (κ2) is 6.70. The van der Waals surface area contributed by atoms with E-state index in [9.17, 15) is 4.79 Å². The molecule has 2 heterocycles. The lowest BCUT2D eigenvalue weighted by molar-refractivity contribution is -0.142.